The molecule has 0 unspecified atom stereocenters. The maximum absolute atomic E-state index is 13.0. The van der Waals surface area contributed by atoms with E-state index in [0.717, 1.165) is 30.5 Å². The van der Waals surface area contributed by atoms with Crippen molar-refractivity contribution in [3.63, 3.8) is 0 Å². The lowest BCUT2D eigenvalue weighted by Gasteiger charge is -2.18. The molecule has 1 aliphatic heterocycles. The maximum Gasteiger partial charge on any atom is 0.258 e. The van der Waals surface area contributed by atoms with E-state index in [0.29, 0.717) is 23.7 Å². The van der Waals surface area contributed by atoms with Crippen molar-refractivity contribution in [2.24, 2.45) is 0 Å². The van der Waals surface area contributed by atoms with E-state index >= 15 is 0 Å². The van der Waals surface area contributed by atoms with E-state index in [2.05, 4.69) is 5.32 Å². The summed E-state index contributed by atoms with van der Waals surface area (Å²) in [7, 11) is 0. The molecule has 0 spiro atoms. The molecule has 0 radical (unpaired) electrons. The first-order chi connectivity index (χ1) is 11.6. The van der Waals surface area contributed by atoms with Crippen LogP contribution in [0.15, 0.2) is 42.5 Å². The maximum atomic E-state index is 13.0. The molecule has 1 saturated carbocycles. The lowest BCUT2D eigenvalue weighted by molar-refractivity contribution is 0.0948. The van der Waals surface area contributed by atoms with Gasteiger partial charge in [-0.15, -0.1) is 0 Å². The summed E-state index contributed by atoms with van der Waals surface area (Å²) in [5, 5.41) is 2.96. The highest BCUT2D eigenvalue weighted by Gasteiger charge is 2.28. The zero-order valence-electron chi connectivity index (χ0n) is 13.1. The van der Waals surface area contributed by atoms with Crippen LogP contribution in [-0.4, -0.2) is 24.4 Å². The van der Waals surface area contributed by atoms with Gasteiger partial charge in [-0.1, -0.05) is 6.07 Å². The molecule has 24 heavy (non-hydrogen) atoms. The fourth-order valence-electron chi connectivity index (χ4n) is 2.98. The van der Waals surface area contributed by atoms with Crippen molar-refractivity contribution in [3.05, 3.63) is 65.0 Å². The van der Waals surface area contributed by atoms with E-state index in [-0.39, 0.29) is 17.6 Å². The predicted octanol–water partition coefficient (Wildman–Crippen LogP) is 2.92. The van der Waals surface area contributed by atoms with Crippen molar-refractivity contribution in [2.75, 3.05) is 11.4 Å². The molecular weight excluding hydrogens is 307 g/mol. The molecule has 1 aliphatic carbocycles. The number of anilines is 1. The van der Waals surface area contributed by atoms with Gasteiger partial charge in [0.1, 0.15) is 5.82 Å². The molecule has 0 atom stereocenters. The summed E-state index contributed by atoms with van der Waals surface area (Å²) in [5.74, 6) is -0.637. The molecular formula is C19H17FN2O2. The van der Waals surface area contributed by atoms with Crippen molar-refractivity contribution in [1.29, 1.82) is 0 Å². The second-order valence-corrected chi connectivity index (χ2v) is 6.30. The topological polar surface area (TPSA) is 49.4 Å². The van der Waals surface area contributed by atoms with E-state index in [1.807, 2.05) is 12.1 Å². The van der Waals surface area contributed by atoms with E-state index < -0.39 is 0 Å². The van der Waals surface area contributed by atoms with Crippen molar-refractivity contribution < 1.29 is 14.0 Å². The van der Waals surface area contributed by atoms with Gasteiger partial charge in [0.05, 0.1) is 0 Å². The van der Waals surface area contributed by atoms with Crippen LogP contribution in [0.2, 0.25) is 0 Å². The molecule has 2 aromatic carbocycles. The fourth-order valence-corrected chi connectivity index (χ4v) is 2.98. The van der Waals surface area contributed by atoms with Gasteiger partial charge >= 0.3 is 0 Å². The second kappa shape index (κ2) is 5.74. The van der Waals surface area contributed by atoms with Crippen LogP contribution in [0.3, 0.4) is 0 Å². The highest BCUT2D eigenvalue weighted by Crippen LogP contribution is 2.31. The smallest absolute Gasteiger partial charge is 0.258 e. The number of amides is 2. The van der Waals surface area contributed by atoms with Gasteiger partial charge in [-0.2, -0.15) is 0 Å². The largest absolute Gasteiger partial charge is 0.349 e. The van der Waals surface area contributed by atoms with E-state index in [1.54, 1.807) is 11.0 Å². The summed E-state index contributed by atoms with van der Waals surface area (Å²) < 4.78 is 13.0. The van der Waals surface area contributed by atoms with Gasteiger partial charge in [-0.3, -0.25) is 9.59 Å². The summed E-state index contributed by atoms with van der Waals surface area (Å²) in [4.78, 5) is 26.6. The lowest BCUT2D eigenvalue weighted by Crippen LogP contribution is -2.29. The number of hydrogen-bond acceptors (Lipinski definition) is 2. The number of fused-ring (bicyclic) bond motifs is 1. The standard InChI is InChI=1S/C19H17FN2O2/c20-15-5-3-13(4-6-15)19(24)22-10-9-12-1-2-14(11-17(12)22)18(23)21-16-7-8-16/h1-6,11,16H,7-10H2,(H,21,23). The van der Waals surface area contributed by atoms with E-state index in [9.17, 15) is 14.0 Å². The van der Waals surface area contributed by atoms with Crippen LogP contribution in [-0.2, 0) is 6.42 Å². The van der Waals surface area contributed by atoms with Crippen molar-refractivity contribution in [3.8, 4) is 0 Å². The highest BCUT2D eigenvalue weighted by molar-refractivity contribution is 6.08. The Morgan fingerprint density at radius 2 is 1.75 bits per heavy atom. The summed E-state index contributed by atoms with van der Waals surface area (Å²) in [6.45, 7) is 0.569. The van der Waals surface area contributed by atoms with Crippen molar-refractivity contribution in [2.45, 2.75) is 25.3 Å². The van der Waals surface area contributed by atoms with Crippen LogP contribution < -0.4 is 10.2 Å². The molecule has 4 rings (SSSR count). The number of carbonyl (C=O) groups excluding carboxylic acids is 2. The van der Waals surface area contributed by atoms with Gasteiger partial charge < -0.3 is 10.2 Å². The van der Waals surface area contributed by atoms with Crippen LogP contribution in [0, 0.1) is 5.82 Å². The first kappa shape index (κ1) is 14.9. The molecule has 1 fully saturated rings. The zero-order valence-corrected chi connectivity index (χ0v) is 13.1. The predicted molar refractivity (Wildman–Crippen MR) is 88.7 cm³/mol. The second-order valence-electron chi connectivity index (χ2n) is 6.30. The Hall–Kier alpha value is -2.69. The molecule has 2 aromatic rings. The third-order valence-corrected chi connectivity index (χ3v) is 4.49. The molecule has 5 heteroatoms. The average molecular weight is 324 g/mol. The lowest BCUT2D eigenvalue weighted by atomic mass is 10.1. The SMILES string of the molecule is O=C(NC1CC1)c1ccc2c(c1)N(C(=O)c1ccc(F)cc1)CC2. The number of carbonyl (C=O) groups is 2. The monoisotopic (exact) mass is 324 g/mol. The summed E-state index contributed by atoms with van der Waals surface area (Å²) in [5.41, 5.74) is 2.83. The number of nitrogens with one attached hydrogen (secondary N) is 1. The fraction of sp³-hybridized carbons (Fsp3) is 0.263. The highest BCUT2D eigenvalue weighted by atomic mass is 19.1. The number of rotatable bonds is 3. The Labute approximate surface area is 139 Å². The van der Waals surface area contributed by atoms with Gasteiger partial charge in [-0.05, 0) is 61.2 Å². The molecule has 122 valence electrons. The third kappa shape index (κ3) is 2.77. The van der Waals surface area contributed by atoms with Crippen molar-refractivity contribution in [1.82, 2.24) is 5.32 Å². The number of benzene rings is 2. The Balaban J connectivity index is 1.60. The quantitative estimate of drug-likeness (QED) is 0.944. The summed E-state index contributed by atoms with van der Waals surface area (Å²) in [6.07, 6.45) is 2.82. The summed E-state index contributed by atoms with van der Waals surface area (Å²) >= 11 is 0. The minimum atomic E-state index is -0.368. The minimum absolute atomic E-state index is 0.0959. The van der Waals surface area contributed by atoms with Gasteiger partial charge in [0.2, 0.25) is 0 Å². The Kier molecular flexibility index (Phi) is 3.56. The minimum Gasteiger partial charge on any atom is -0.349 e. The first-order valence-corrected chi connectivity index (χ1v) is 8.13. The molecule has 0 saturated heterocycles. The Bertz CT molecular complexity index is 813. The van der Waals surface area contributed by atoms with Gasteiger partial charge in [0.25, 0.3) is 11.8 Å². The van der Waals surface area contributed by atoms with Gasteiger partial charge in [-0.25, -0.2) is 4.39 Å². The molecule has 2 amide bonds. The summed E-state index contributed by atoms with van der Waals surface area (Å²) in [6, 6.07) is 11.3. The van der Waals surface area contributed by atoms with Crippen LogP contribution in [0.1, 0.15) is 39.1 Å². The Morgan fingerprint density at radius 1 is 1.04 bits per heavy atom. The van der Waals surface area contributed by atoms with Crippen LogP contribution in [0.25, 0.3) is 0 Å². The Morgan fingerprint density at radius 3 is 2.46 bits per heavy atom. The van der Waals surface area contributed by atoms with Gasteiger partial charge in [0, 0.05) is 29.4 Å². The van der Waals surface area contributed by atoms with Gasteiger partial charge in [0.15, 0.2) is 0 Å². The zero-order chi connectivity index (χ0) is 16.7. The van der Waals surface area contributed by atoms with Crippen LogP contribution >= 0.6 is 0 Å². The molecule has 0 bridgehead atoms. The number of hydrogen-bond donors (Lipinski definition) is 1. The first-order valence-electron chi connectivity index (χ1n) is 8.13. The van der Waals surface area contributed by atoms with Crippen LogP contribution in [0.4, 0.5) is 10.1 Å². The van der Waals surface area contributed by atoms with E-state index in [1.165, 1.54) is 24.3 Å². The van der Waals surface area contributed by atoms with Crippen LogP contribution in [0.5, 0.6) is 0 Å². The third-order valence-electron chi connectivity index (χ3n) is 4.49. The van der Waals surface area contributed by atoms with E-state index in [4.69, 9.17) is 0 Å². The average Bonchev–Trinajstić information content (AvgIpc) is 3.30. The molecule has 1 N–H and O–H groups in total. The van der Waals surface area contributed by atoms with Crippen molar-refractivity contribution >= 4 is 17.5 Å². The molecule has 0 aromatic heterocycles. The normalized spacial score (nSPS) is 16.0. The molecule has 4 nitrogen and oxygen atoms in total. The molecule has 2 aliphatic rings. The number of halogens is 1. The molecule has 1 heterocycles. The number of nitrogens with zero attached hydrogens (tertiary/aromatic N) is 1.